The molecule has 19 heavy (non-hydrogen) atoms. The Bertz CT molecular complexity index is 809. The molecule has 2 aromatic heterocycles. The fourth-order valence-electron chi connectivity index (χ4n) is 2.02. The Morgan fingerprint density at radius 2 is 1.95 bits per heavy atom. The largest absolute Gasteiger partial charge is 0.506 e. The maximum atomic E-state index is 11.1. The molecule has 1 aromatic carbocycles. The molecule has 2 N–H and O–H groups in total. The normalized spacial score (nSPS) is 11.1. The van der Waals surface area contributed by atoms with Crippen molar-refractivity contribution in [2.45, 2.75) is 6.92 Å². The van der Waals surface area contributed by atoms with Crippen LogP contribution in [0.4, 0.5) is 5.95 Å². The van der Waals surface area contributed by atoms with Crippen molar-refractivity contribution in [2.24, 2.45) is 7.05 Å². The molecule has 0 aliphatic rings. The van der Waals surface area contributed by atoms with Crippen LogP contribution in [0.1, 0.15) is 6.92 Å². The number of aryl methyl sites for hydroxylation is 1. The maximum Gasteiger partial charge on any atom is 0.223 e. The lowest BCUT2D eigenvalue weighted by Crippen LogP contribution is -2.10. The van der Waals surface area contributed by atoms with Crippen molar-refractivity contribution in [1.82, 2.24) is 19.5 Å². The number of carbonyl (C=O) groups excluding carboxylic acids is 1. The van der Waals surface area contributed by atoms with Crippen LogP contribution < -0.4 is 5.32 Å². The molecule has 0 atom stereocenters. The number of imidazole rings is 1. The van der Waals surface area contributed by atoms with Crippen molar-refractivity contribution in [2.75, 3.05) is 5.32 Å². The van der Waals surface area contributed by atoms with Crippen LogP contribution in [0.3, 0.4) is 0 Å². The van der Waals surface area contributed by atoms with Crippen molar-refractivity contribution in [3.63, 3.8) is 0 Å². The first-order chi connectivity index (χ1) is 9.08. The lowest BCUT2D eigenvalue weighted by molar-refractivity contribution is -0.114. The molecule has 2 heterocycles. The van der Waals surface area contributed by atoms with Crippen LogP contribution in [0.2, 0.25) is 0 Å². The number of amides is 1. The highest BCUT2D eigenvalue weighted by Crippen LogP contribution is 2.30. The number of phenolic OH excluding ortho intramolecular Hbond substituents is 1. The molecule has 0 bridgehead atoms. The van der Waals surface area contributed by atoms with Gasteiger partial charge in [0.05, 0.1) is 5.52 Å². The molecule has 0 aliphatic heterocycles. The van der Waals surface area contributed by atoms with E-state index in [0.29, 0.717) is 28.0 Å². The van der Waals surface area contributed by atoms with Gasteiger partial charge in [0.25, 0.3) is 0 Å². The lowest BCUT2D eigenvalue weighted by Gasteiger charge is -2.02. The number of hydrogen-bond acceptors (Lipinski definition) is 5. The third kappa shape index (κ3) is 1.67. The molecule has 0 unspecified atom stereocenters. The Kier molecular flexibility index (Phi) is 2.34. The van der Waals surface area contributed by atoms with Gasteiger partial charge in [0.2, 0.25) is 11.9 Å². The summed E-state index contributed by atoms with van der Waals surface area (Å²) < 4.78 is 1.69. The number of anilines is 1. The monoisotopic (exact) mass is 257 g/mol. The molecule has 0 fully saturated rings. The Morgan fingerprint density at radius 1 is 1.26 bits per heavy atom. The minimum absolute atomic E-state index is 0.0352. The van der Waals surface area contributed by atoms with Gasteiger partial charge in [-0.2, -0.15) is 0 Å². The zero-order chi connectivity index (χ0) is 13.6. The van der Waals surface area contributed by atoms with E-state index in [1.165, 1.54) is 19.3 Å². The first kappa shape index (κ1) is 11.4. The molecule has 7 heteroatoms. The van der Waals surface area contributed by atoms with Crippen molar-refractivity contribution < 1.29 is 9.90 Å². The van der Waals surface area contributed by atoms with E-state index in [1.54, 1.807) is 17.7 Å². The molecule has 3 rings (SSSR count). The number of hydrogen-bond donors (Lipinski definition) is 2. The Morgan fingerprint density at radius 3 is 2.63 bits per heavy atom. The van der Waals surface area contributed by atoms with Gasteiger partial charge in [-0.15, -0.1) is 0 Å². The minimum atomic E-state index is -0.210. The highest BCUT2D eigenvalue weighted by molar-refractivity contribution is 6.04. The smallest absolute Gasteiger partial charge is 0.223 e. The zero-order valence-electron chi connectivity index (χ0n) is 10.4. The highest BCUT2D eigenvalue weighted by Gasteiger charge is 2.15. The van der Waals surface area contributed by atoms with Gasteiger partial charge in [-0.1, -0.05) is 0 Å². The van der Waals surface area contributed by atoms with Crippen LogP contribution in [-0.4, -0.2) is 30.5 Å². The second-order valence-corrected chi connectivity index (χ2v) is 4.19. The quantitative estimate of drug-likeness (QED) is 0.682. The summed E-state index contributed by atoms with van der Waals surface area (Å²) in [5.41, 5.74) is 2.16. The van der Waals surface area contributed by atoms with Gasteiger partial charge in [-0.3, -0.25) is 15.1 Å². The average Bonchev–Trinajstić information content (AvgIpc) is 2.67. The van der Waals surface area contributed by atoms with Gasteiger partial charge < -0.3 is 9.67 Å². The molecule has 3 aromatic rings. The van der Waals surface area contributed by atoms with Crippen LogP contribution in [0.25, 0.3) is 22.1 Å². The predicted octanol–water partition coefficient (Wildman–Crippen LogP) is 1.18. The van der Waals surface area contributed by atoms with Gasteiger partial charge in [-0.05, 0) is 0 Å². The number of nitrogens with zero attached hydrogens (tertiary/aromatic N) is 4. The third-order valence-electron chi connectivity index (χ3n) is 2.87. The molecule has 7 nitrogen and oxygen atoms in total. The average molecular weight is 257 g/mol. The van der Waals surface area contributed by atoms with Gasteiger partial charge in [0.15, 0.2) is 0 Å². The number of rotatable bonds is 1. The van der Waals surface area contributed by atoms with Crippen LogP contribution in [0, 0.1) is 0 Å². The fourth-order valence-corrected chi connectivity index (χ4v) is 2.02. The summed E-state index contributed by atoms with van der Waals surface area (Å²) >= 11 is 0. The SMILES string of the molecule is CC(=O)Nc1nc2c3nccnc3c(O)cc2n1C. The molecule has 0 saturated heterocycles. The van der Waals surface area contributed by atoms with E-state index in [-0.39, 0.29) is 11.7 Å². The van der Waals surface area contributed by atoms with Crippen molar-refractivity contribution in [1.29, 1.82) is 0 Å². The molecular formula is C12H11N5O2. The molecule has 0 radical (unpaired) electrons. The summed E-state index contributed by atoms with van der Waals surface area (Å²) in [5.74, 6) is 0.228. The van der Waals surface area contributed by atoms with Crippen LogP contribution in [0.15, 0.2) is 18.5 Å². The van der Waals surface area contributed by atoms with Crippen molar-refractivity contribution >= 4 is 33.9 Å². The standard InChI is InChI=1S/C12H11N5O2/c1-6(18)15-12-16-9-7(17(12)2)5-8(19)10-11(9)14-4-3-13-10/h3-5,19H,1-2H3,(H,15,16,18). The summed E-state index contributed by atoms with van der Waals surface area (Å²) in [4.78, 5) is 23.7. The number of aromatic nitrogens is 4. The first-order valence-corrected chi connectivity index (χ1v) is 5.64. The molecule has 0 saturated carbocycles. The summed E-state index contributed by atoms with van der Waals surface area (Å²) in [6.07, 6.45) is 3.04. The molecule has 0 aliphatic carbocycles. The second kappa shape index (κ2) is 3.91. The number of benzene rings is 1. The topological polar surface area (TPSA) is 92.9 Å². The predicted molar refractivity (Wildman–Crippen MR) is 69.8 cm³/mol. The number of fused-ring (bicyclic) bond motifs is 3. The Hall–Kier alpha value is -2.70. The van der Waals surface area contributed by atoms with Gasteiger partial charge in [0, 0.05) is 32.4 Å². The minimum Gasteiger partial charge on any atom is -0.506 e. The summed E-state index contributed by atoms with van der Waals surface area (Å²) in [6.45, 7) is 1.41. The van der Waals surface area contributed by atoms with Gasteiger partial charge in [-0.25, -0.2) is 9.97 Å². The third-order valence-corrected chi connectivity index (χ3v) is 2.87. The fraction of sp³-hybridized carbons (Fsp3) is 0.167. The molecule has 96 valence electrons. The number of carbonyl (C=O) groups is 1. The zero-order valence-corrected chi connectivity index (χ0v) is 10.4. The van der Waals surface area contributed by atoms with Crippen LogP contribution in [-0.2, 0) is 11.8 Å². The summed E-state index contributed by atoms with van der Waals surface area (Å²) in [7, 11) is 1.75. The first-order valence-electron chi connectivity index (χ1n) is 5.64. The number of nitrogens with one attached hydrogen (secondary N) is 1. The number of aromatic hydroxyl groups is 1. The summed E-state index contributed by atoms with van der Waals surface area (Å²) in [6, 6.07) is 1.56. The molecular weight excluding hydrogens is 246 g/mol. The van der Waals surface area contributed by atoms with Crippen molar-refractivity contribution in [3.05, 3.63) is 18.5 Å². The van der Waals surface area contributed by atoms with E-state index in [1.807, 2.05) is 0 Å². The second-order valence-electron chi connectivity index (χ2n) is 4.19. The number of phenols is 1. The van der Waals surface area contributed by atoms with Crippen LogP contribution in [0.5, 0.6) is 5.75 Å². The summed E-state index contributed by atoms with van der Waals surface area (Å²) in [5, 5.41) is 12.6. The Balaban J connectivity index is 2.40. The van der Waals surface area contributed by atoms with Gasteiger partial charge in [0.1, 0.15) is 22.3 Å². The molecule has 1 amide bonds. The molecule has 0 spiro atoms. The van der Waals surface area contributed by atoms with E-state index in [4.69, 9.17) is 0 Å². The van der Waals surface area contributed by atoms with E-state index in [0.717, 1.165) is 0 Å². The van der Waals surface area contributed by atoms with E-state index in [2.05, 4.69) is 20.3 Å². The Labute approximate surface area is 107 Å². The highest BCUT2D eigenvalue weighted by atomic mass is 16.3. The van der Waals surface area contributed by atoms with E-state index in [9.17, 15) is 9.90 Å². The van der Waals surface area contributed by atoms with Crippen molar-refractivity contribution in [3.8, 4) is 5.75 Å². The van der Waals surface area contributed by atoms with Gasteiger partial charge >= 0.3 is 0 Å². The lowest BCUT2D eigenvalue weighted by atomic mass is 10.2. The maximum absolute atomic E-state index is 11.1. The van der Waals surface area contributed by atoms with E-state index >= 15 is 0 Å². The van der Waals surface area contributed by atoms with Crippen LogP contribution >= 0.6 is 0 Å². The van der Waals surface area contributed by atoms with E-state index < -0.39 is 0 Å².